The first-order valence-corrected chi connectivity index (χ1v) is 10.3. The van der Waals surface area contributed by atoms with Crippen LogP contribution in [0.2, 0.25) is 0 Å². The molecule has 2 amide bonds. The van der Waals surface area contributed by atoms with Crippen molar-refractivity contribution in [1.29, 1.82) is 5.26 Å². The summed E-state index contributed by atoms with van der Waals surface area (Å²) >= 11 is 0. The Bertz CT molecular complexity index is 955. The Morgan fingerprint density at radius 2 is 1.69 bits per heavy atom. The van der Waals surface area contributed by atoms with Crippen LogP contribution in [0, 0.1) is 23.2 Å². The molecule has 2 aromatic rings. The van der Waals surface area contributed by atoms with Crippen molar-refractivity contribution in [1.82, 2.24) is 4.90 Å². The molecule has 1 saturated carbocycles. The zero-order valence-corrected chi connectivity index (χ0v) is 16.4. The van der Waals surface area contributed by atoms with Crippen LogP contribution in [0.4, 0.5) is 5.69 Å². The molecule has 0 radical (unpaired) electrons. The van der Waals surface area contributed by atoms with E-state index in [1.54, 1.807) is 24.3 Å². The van der Waals surface area contributed by atoms with Crippen LogP contribution in [0.25, 0.3) is 0 Å². The molecule has 0 saturated heterocycles. The highest BCUT2D eigenvalue weighted by molar-refractivity contribution is 5.93. The largest absolute Gasteiger partial charge is 0.338 e. The Kier molecular flexibility index (Phi) is 5.62. The lowest BCUT2D eigenvalue weighted by atomic mass is 9.80. The van der Waals surface area contributed by atoms with Gasteiger partial charge in [-0.2, -0.15) is 5.26 Å². The molecule has 0 unspecified atom stereocenters. The highest BCUT2D eigenvalue weighted by Crippen LogP contribution is 2.32. The zero-order valence-electron chi connectivity index (χ0n) is 16.4. The molecule has 0 spiro atoms. The van der Waals surface area contributed by atoms with Crippen LogP contribution in [0.5, 0.6) is 0 Å². The third kappa shape index (κ3) is 4.32. The van der Waals surface area contributed by atoms with Gasteiger partial charge in [0, 0.05) is 30.6 Å². The average Bonchev–Trinajstić information content (AvgIpc) is 2.78. The highest BCUT2D eigenvalue weighted by atomic mass is 16.2. The van der Waals surface area contributed by atoms with E-state index in [0.29, 0.717) is 17.8 Å². The van der Waals surface area contributed by atoms with Crippen LogP contribution in [-0.2, 0) is 22.6 Å². The fraction of sp³-hybridized carbons (Fsp3) is 0.375. The number of fused-ring (bicyclic) bond motifs is 1. The molecule has 1 heterocycles. The number of carbonyl (C=O) groups is 2. The lowest BCUT2D eigenvalue weighted by Crippen LogP contribution is -2.41. The van der Waals surface area contributed by atoms with Crippen LogP contribution in [0.3, 0.4) is 0 Å². The Morgan fingerprint density at radius 3 is 2.45 bits per heavy atom. The number of nitrogens with zero attached hydrogens (tertiary/aromatic N) is 2. The first-order valence-electron chi connectivity index (χ1n) is 10.3. The molecule has 0 atom stereocenters. The van der Waals surface area contributed by atoms with Gasteiger partial charge in [0.15, 0.2) is 0 Å². The van der Waals surface area contributed by atoms with Gasteiger partial charge in [-0.25, -0.2) is 0 Å². The zero-order chi connectivity index (χ0) is 20.2. The summed E-state index contributed by atoms with van der Waals surface area (Å²) in [7, 11) is 0. The van der Waals surface area contributed by atoms with E-state index in [9.17, 15) is 9.59 Å². The predicted molar refractivity (Wildman–Crippen MR) is 111 cm³/mol. The van der Waals surface area contributed by atoms with E-state index < -0.39 is 0 Å². The molecule has 1 fully saturated rings. The van der Waals surface area contributed by atoms with Crippen molar-refractivity contribution in [2.45, 2.75) is 38.6 Å². The first-order chi connectivity index (χ1) is 14.1. The summed E-state index contributed by atoms with van der Waals surface area (Å²) in [5.74, 6) is 0.163. The minimum absolute atomic E-state index is 0.0158. The second kappa shape index (κ2) is 8.48. The highest BCUT2D eigenvalue weighted by Gasteiger charge is 2.33. The minimum Gasteiger partial charge on any atom is -0.338 e. The summed E-state index contributed by atoms with van der Waals surface area (Å²) in [6, 6.07) is 17.4. The third-order valence-corrected chi connectivity index (χ3v) is 6.15. The first kappa shape index (κ1) is 19.2. The number of amides is 2. The summed E-state index contributed by atoms with van der Waals surface area (Å²) < 4.78 is 0. The quantitative estimate of drug-likeness (QED) is 0.868. The lowest BCUT2D eigenvalue weighted by Gasteiger charge is -2.34. The van der Waals surface area contributed by atoms with Gasteiger partial charge in [-0.1, -0.05) is 30.3 Å². The van der Waals surface area contributed by atoms with Crippen LogP contribution >= 0.6 is 0 Å². The molecule has 0 bridgehead atoms. The Balaban J connectivity index is 1.30. The Morgan fingerprint density at radius 1 is 0.966 bits per heavy atom. The molecule has 29 heavy (non-hydrogen) atoms. The van der Waals surface area contributed by atoms with Crippen LogP contribution < -0.4 is 5.32 Å². The molecule has 2 aliphatic rings. The monoisotopic (exact) mass is 387 g/mol. The van der Waals surface area contributed by atoms with Gasteiger partial charge in [-0.3, -0.25) is 9.59 Å². The van der Waals surface area contributed by atoms with Gasteiger partial charge in [0.05, 0.1) is 11.6 Å². The van der Waals surface area contributed by atoms with Gasteiger partial charge in [0.25, 0.3) is 0 Å². The normalized spacial score (nSPS) is 21.0. The van der Waals surface area contributed by atoms with E-state index in [2.05, 4.69) is 29.6 Å². The molecule has 1 aliphatic carbocycles. The maximum absolute atomic E-state index is 13.0. The van der Waals surface area contributed by atoms with Gasteiger partial charge in [-0.05, 0) is 61.4 Å². The van der Waals surface area contributed by atoms with E-state index in [1.807, 2.05) is 11.0 Å². The summed E-state index contributed by atoms with van der Waals surface area (Å²) in [4.78, 5) is 27.6. The van der Waals surface area contributed by atoms with Gasteiger partial charge in [-0.15, -0.1) is 0 Å². The number of benzene rings is 2. The molecule has 1 N–H and O–H groups in total. The Hall–Kier alpha value is -3.13. The van der Waals surface area contributed by atoms with Crippen molar-refractivity contribution in [2.75, 3.05) is 11.9 Å². The van der Waals surface area contributed by atoms with Crippen LogP contribution in [0.15, 0.2) is 48.5 Å². The fourth-order valence-corrected chi connectivity index (χ4v) is 4.46. The molecular formula is C24H25N3O2. The number of nitrogens with one attached hydrogen (secondary N) is 1. The summed E-state index contributed by atoms with van der Waals surface area (Å²) in [6.45, 7) is 1.48. The van der Waals surface area contributed by atoms with Crippen molar-refractivity contribution in [3.63, 3.8) is 0 Å². The van der Waals surface area contributed by atoms with E-state index in [4.69, 9.17) is 5.26 Å². The number of hydrogen-bond acceptors (Lipinski definition) is 3. The number of carbonyl (C=O) groups excluding carboxylic acids is 2. The fourth-order valence-electron chi connectivity index (χ4n) is 4.46. The van der Waals surface area contributed by atoms with Crippen LogP contribution in [0.1, 0.15) is 42.4 Å². The molecule has 148 valence electrons. The predicted octanol–water partition coefficient (Wildman–Crippen LogP) is 3.89. The van der Waals surface area contributed by atoms with E-state index in [-0.39, 0.29) is 23.7 Å². The maximum atomic E-state index is 13.0. The van der Waals surface area contributed by atoms with Crippen molar-refractivity contribution in [3.8, 4) is 6.07 Å². The van der Waals surface area contributed by atoms with E-state index in [1.165, 1.54) is 11.1 Å². The molecule has 0 aromatic heterocycles. The van der Waals surface area contributed by atoms with Gasteiger partial charge in [0.1, 0.15) is 0 Å². The molecule has 5 nitrogen and oxygen atoms in total. The molecular weight excluding hydrogens is 362 g/mol. The van der Waals surface area contributed by atoms with Crippen molar-refractivity contribution >= 4 is 17.5 Å². The van der Waals surface area contributed by atoms with Crippen molar-refractivity contribution in [2.24, 2.45) is 11.8 Å². The molecule has 1 aliphatic heterocycles. The lowest BCUT2D eigenvalue weighted by molar-refractivity contribution is -0.138. The second-order valence-electron chi connectivity index (χ2n) is 8.01. The van der Waals surface area contributed by atoms with Gasteiger partial charge >= 0.3 is 0 Å². The number of rotatable bonds is 3. The molecule has 2 aromatic carbocycles. The van der Waals surface area contributed by atoms with Crippen LogP contribution in [-0.4, -0.2) is 23.3 Å². The molecule has 5 heteroatoms. The smallest absolute Gasteiger partial charge is 0.227 e. The SMILES string of the molecule is N#Cc1cccc(NC(=O)C2CCC(C(=O)N3CCc4ccccc4C3)CC2)c1. The van der Waals surface area contributed by atoms with Gasteiger partial charge < -0.3 is 10.2 Å². The van der Waals surface area contributed by atoms with E-state index >= 15 is 0 Å². The number of hydrogen-bond donors (Lipinski definition) is 1. The number of nitriles is 1. The second-order valence-corrected chi connectivity index (χ2v) is 8.01. The summed E-state index contributed by atoms with van der Waals surface area (Å²) in [5, 5.41) is 11.9. The topological polar surface area (TPSA) is 73.2 Å². The maximum Gasteiger partial charge on any atom is 0.227 e. The van der Waals surface area contributed by atoms with Crippen molar-refractivity contribution < 1.29 is 9.59 Å². The van der Waals surface area contributed by atoms with Crippen molar-refractivity contribution in [3.05, 3.63) is 65.2 Å². The number of anilines is 1. The summed E-state index contributed by atoms with van der Waals surface area (Å²) in [6.07, 6.45) is 3.89. The summed E-state index contributed by atoms with van der Waals surface area (Å²) in [5.41, 5.74) is 3.77. The minimum atomic E-state index is -0.0770. The Labute approximate surface area is 171 Å². The standard InChI is InChI=1S/C24H25N3O2/c25-15-17-4-3-7-22(14-17)26-23(28)19-8-10-20(11-9-19)24(29)27-13-12-18-5-1-2-6-21(18)16-27/h1-7,14,19-20H,8-13,16H2,(H,26,28). The molecule has 4 rings (SSSR count). The van der Waals surface area contributed by atoms with E-state index in [0.717, 1.165) is 38.6 Å². The average molecular weight is 387 g/mol. The third-order valence-electron chi connectivity index (χ3n) is 6.15. The van der Waals surface area contributed by atoms with Gasteiger partial charge in [0.2, 0.25) is 11.8 Å².